The van der Waals surface area contributed by atoms with Gasteiger partial charge in [-0.05, 0) is 0 Å². The molecule has 0 fully saturated rings. The standard InChI is InChI=1S/C7H5F3N6/c8-7(9,10)4-1-5(15-6(11)14-4)16-3-12-2-13-16/h1-3H,(H2,11,14,15). The molecule has 84 valence electrons. The fourth-order valence-electron chi connectivity index (χ4n) is 1.04. The van der Waals surface area contributed by atoms with Crippen molar-refractivity contribution in [3.63, 3.8) is 0 Å². The number of anilines is 1. The van der Waals surface area contributed by atoms with Gasteiger partial charge in [-0.2, -0.15) is 23.3 Å². The molecule has 0 atom stereocenters. The van der Waals surface area contributed by atoms with Gasteiger partial charge in [0.25, 0.3) is 0 Å². The fourth-order valence-corrected chi connectivity index (χ4v) is 1.04. The lowest BCUT2D eigenvalue weighted by Gasteiger charge is -2.07. The molecule has 6 nitrogen and oxygen atoms in total. The van der Waals surface area contributed by atoms with E-state index in [4.69, 9.17) is 5.73 Å². The summed E-state index contributed by atoms with van der Waals surface area (Å²) in [4.78, 5) is 10.3. The molecule has 2 rings (SSSR count). The van der Waals surface area contributed by atoms with Gasteiger partial charge in [-0.25, -0.2) is 14.6 Å². The molecule has 0 radical (unpaired) electrons. The molecule has 0 aliphatic carbocycles. The molecule has 0 aliphatic heterocycles. The van der Waals surface area contributed by atoms with Gasteiger partial charge in [0.05, 0.1) is 0 Å². The summed E-state index contributed by atoms with van der Waals surface area (Å²) in [6.45, 7) is 0. The Morgan fingerprint density at radius 3 is 2.56 bits per heavy atom. The van der Waals surface area contributed by atoms with Crippen LogP contribution in [0.2, 0.25) is 0 Å². The molecule has 0 spiro atoms. The van der Waals surface area contributed by atoms with E-state index in [9.17, 15) is 13.2 Å². The van der Waals surface area contributed by atoms with Gasteiger partial charge < -0.3 is 5.73 Å². The Labute approximate surface area is 87.0 Å². The van der Waals surface area contributed by atoms with E-state index in [1.807, 2.05) is 0 Å². The first-order chi connectivity index (χ1) is 7.47. The second-order valence-electron chi connectivity index (χ2n) is 2.81. The van der Waals surface area contributed by atoms with Crippen molar-refractivity contribution in [1.82, 2.24) is 24.7 Å². The van der Waals surface area contributed by atoms with Crippen LogP contribution < -0.4 is 5.73 Å². The van der Waals surface area contributed by atoms with E-state index in [1.54, 1.807) is 0 Å². The lowest BCUT2D eigenvalue weighted by molar-refractivity contribution is -0.141. The van der Waals surface area contributed by atoms with Crippen molar-refractivity contribution < 1.29 is 13.2 Å². The van der Waals surface area contributed by atoms with Crippen LogP contribution in [0.15, 0.2) is 18.7 Å². The molecule has 2 aromatic rings. The first-order valence-corrected chi connectivity index (χ1v) is 4.03. The molecule has 0 aliphatic rings. The second-order valence-corrected chi connectivity index (χ2v) is 2.81. The molecule has 2 heterocycles. The van der Waals surface area contributed by atoms with Gasteiger partial charge in [-0.15, -0.1) is 0 Å². The summed E-state index contributed by atoms with van der Waals surface area (Å²) in [5.74, 6) is -0.558. The zero-order chi connectivity index (χ0) is 11.8. The summed E-state index contributed by atoms with van der Waals surface area (Å²) in [6, 6.07) is 0.741. The van der Waals surface area contributed by atoms with Crippen LogP contribution in [-0.4, -0.2) is 24.7 Å². The van der Waals surface area contributed by atoms with Gasteiger partial charge in [0.1, 0.15) is 12.7 Å². The first kappa shape index (κ1) is 10.3. The zero-order valence-electron chi connectivity index (χ0n) is 7.68. The van der Waals surface area contributed by atoms with E-state index in [0.29, 0.717) is 0 Å². The Kier molecular flexibility index (Phi) is 2.22. The molecule has 2 N–H and O–H groups in total. The number of alkyl halides is 3. The van der Waals surface area contributed by atoms with Gasteiger partial charge in [0.15, 0.2) is 11.5 Å². The Balaban J connectivity index is 2.53. The van der Waals surface area contributed by atoms with Crippen LogP contribution in [0.4, 0.5) is 19.1 Å². The normalized spacial score (nSPS) is 11.7. The topological polar surface area (TPSA) is 82.5 Å². The van der Waals surface area contributed by atoms with Crippen molar-refractivity contribution in [2.45, 2.75) is 6.18 Å². The van der Waals surface area contributed by atoms with Crippen molar-refractivity contribution in [3.05, 3.63) is 24.4 Å². The third-order valence-corrected chi connectivity index (χ3v) is 1.67. The number of rotatable bonds is 1. The predicted octanol–water partition coefficient (Wildman–Crippen LogP) is 0.658. The molecule has 2 aromatic heterocycles. The molecule has 0 aromatic carbocycles. The fraction of sp³-hybridized carbons (Fsp3) is 0.143. The zero-order valence-corrected chi connectivity index (χ0v) is 7.68. The van der Waals surface area contributed by atoms with Crippen LogP contribution in [0.25, 0.3) is 5.82 Å². The van der Waals surface area contributed by atoms with Crippen LogP contribution >= 0.6 is 0 Å². The van der Waals surface area contributed by atoms with Crippen molar-refractivity contribution >= 4 is 5.95 Å². The minimum Gasteiger partial charge on any atom is -0.368 e. The Morgan fingerprint density at radius 1 is 1.25 bits per heavy atom. The highest BCUT2D eigenvalue weighted by Gasteiger charge is 2.33. The van der Waals surface area contributed by atoms with Crippen molar-refractivity contribution in [2.75, 3.05) is 5.73 Å². The van der Waals surface area contributed by atoms with Gasteiger partial charge in [-0.1, -0.05) is 0 Å². The third kappa shape index (κ3) is 1.92. The monoisotopic (exact) mass is 230 g/mol. The van der Waals surface area contributed by atoms with Crippen LogP contribution in [-0.2, 0) is 6.18 Å². The quantitative estimate of drug-likeness (QED) is 0.778. The smallest absolute Gasteiger partial charge is 0.368 e. The lowest BCUT2D eigenvalue weighted by Crippen LogP contribution is -2.13. The number of hydrogen-bond donors (Lipinski definition) is 1. The second kappa shape index (κ2) is 3.43. The van der Waals surface area contributed by atoms with E-state index >= 15 is 0 Å². The maximum absolute atomic E-state index is 12.4. The minimum atomic E-state index is -4.58. The highest BCUT2D eigenvalue weighted by molar-refractivity contribution is 5.31. The lowest BCUT2D eigenvalue weighted by atomic mass is 10.4. The molecule has 16 heavy (non-hydrogen) atoms. The maximum Gasteiger partial charge on any atom is 0.433 e. The number of hydrogen-bond acceptors (Lipinski definition) is 5. The van der Waals surface area contributed by atoms with Gasteiger partial charge in [0, 0.05) is 6.07 Å². The van der Waals surface area contributed by atoms with Crippen LogP contribution in [0, 0.1) is 0 Å². The Morgan fingerprint density at radius 2 is 2.00 bits per heavy atom. The highest BCUT2D eigenvalue weighted by atomic mass is 19.4. The third-order valence-electron chi connectivity index (χ3n) is 1.67. The molecule has 0 saturated heterocycles. The van der Waals surface area contributed by atoms with E-state index in [0.717, 1.165) is 10.7 Å². The average Bonchev–Trinajstić information content (AvgIpc) is 2.68. The largest absolute Gasteiger partial charge is 0.433 e. The van der Waals surface area contributed by atoms with E-state index in [1.165, 1.54) is 12.7 Å². The number of nitrogens with zero attached hydrogens (tertiary/aromatic N) is 5. The Hall–Kier alpha value is -2.19. The minimum absolute atomic E-state index is 0.0858. The molecule has 0 unspecified atom stereocenters. The highest BCUT2D eigenvalue weighted by Crippen LogP contribution is 2.28. The molecular formula is C7H5F3N6. The number of nitrogen functional groups attached to an aromatic ring is 1. The number of halogens is 3. The molecular weight excluding hydrogens is 225 g/mol. The summed E-state index contributed by atoms with van der Waals surface area (Å²) >= 11 is 0. The maximum atomic E-state index is 12.4. The van der Waals surface area contributed by atoms with Gasteiger partial charge >= 0.3 is 6.18 Å². The van der Waals surface area contributed by atoms with E-state index < -0.39 is 17.8 Å². The van der Waals surface area contributed by atoms with Crippen molar-refractivity contribution in [1.29, 1.82) is 0 Å². The average molecular weight is 230 g/mol. The molecule has 0 bridgehead atoms. The van der Waals surface area contributed by atoms with Crippen LogP contribution in [0.3, 0.4) is 0 Å². The van der Waals surface area contributed by atoms with Gasteiger partial charge in [-0.3, -0.25) is 0 Å². The summed E-state index contributed by atoms with van der Waals surface area (Å²) < 4.78 is 38.3. The van der Waals surface area contributed by atoms with E-state index in [2.05, 4.69) is 20.1 Å². The molecule has 0 saturated carbocycles. The van der Waals surface area contributed by atoms with Crippen LogP contribution in [0.1, 0.15) is 5.69 Å². The number of nitrogens with two attached hydrogens (primary N) is 1. The van der Waals surface area contributed by atoms with Gasteiger partial charge in [0.2, 0.25) is 5.95 Å². The SMILES string of the molecule is Nc1nc(-n2cncn2)cc(C(F)(F)F)n1. The summed E-state index contributed by atoms with van der Waals surface area (Å²) in [5.41, 5.74) is 4.06. The molecule has 0 amide bonds. The Bertz CT molecular complexity index is 491. The van der Waals surface area contributed by atoms with Crippen molar-refractivity contribution in [2.24, 2.45) is 0 Å². The summed E-state index contributed by atoms with van der Waals surface area (Å²) in [6.07, 6.45) is -2.19. The molecule has 9 heteroatoms. The van der Waals surface area contributed by atoms with Crippen LogP contribution in [0.5, 0.6) is 0 Å². The predicted molar refractivity (Wildman–Crippen MR) is 46.4 cm³/mol. The number of aromatic nitrogens is 5. The first-order valence-electron chi connectivity index (χ1n) is 4.03. The summed E-state index contributed by atoms with van der Waals surface area (Å²) in [7, 11) is 0. The van der Waals surface area contributed by atoms with E-state index in [-0.39, 0.29) is 5.82 Å². The summed E-state index contributed by atoms with van der Waals surface area (Å²) in [5, 5.41) is 3.64. The van der Waals surface area contributed by atoms with Crippen molar-refractivity contribution in [3.8, 4) is 5.82 Å².